The van der Waals surface area contributed by atoms with Crippen LogP contribution in [-0.2, 0) is 17.3 Å². The molecule has 0 saturated carbocycles. The molecule has 6 rings (SSSR count). The second-order valence-electron chi connectivity index (χ2n) is 8.67. The molecule has 33 heavy (non-hydrogen) atoms. The topological polar surface area (TPSA) is 25.2 Å². The first kappa shape index (κ1) is 19.6. The zero-order valence-corrected chi connectivity index (χ0v) is 18.4. The number of β-lactam (4-membered cyclic amide) rings is 1. The van der Waals surface area contributed by atoms with Crippen molar-refractivity contribution in [2.75, 3.05) is 4.90 Å². The molecule has 5 aromatic rings. The van der Waals surface area contributed by atoms with Gasteiger partial charge in [-0.25, -0.2) is 0 Å². The first-order valence-corrected chi connectivity index (χ1v) is 11.3. The van der Waals surface area contributed by atoms with Crippen molar-refractivity contribution in [2.45, 2.75) is 11.5 Å². The van der Waals surface area contributed by atoms with Crippen LogP contribution in [0.3, 0.4) is 0 Å². The predicted octanol–water partition coefficient (Wildman–Crippen LogP) is 6.25. The highest BCUT2D eigenvalue weighted by atomic mass is 16.2. The maximum atomic E-state index is 14.3. The number of anilines is 1. The number of fused-ring (bicyclic) bond motifs is 1. The number of aryl methyl sites for hydroxylation is 1. The van der Waals surface area contributed by atoms with Crippen LogP contribution in [0.15, 0.2) is 121 Å². The van der Waals surface area contributed by atoms with Crippen molar-refractivity contribution in [1.82, 2.24) is 4.57 Å². The summed E-state index contributed by atoms with van der Waals surface area (Å²) in [6.45, 7) is 0. The van der Waals surface area contributed by atoms with Crippen LogP contribution in [0.1, 0.15) is 22.7 Å². The Morgan fingerprint density at radius 2 is 1.18 bits per heavy atom. The van der Waals surface area contributed by atoms with Crippen molar-refractivity contribution < 1.29 is 4.79 Å². The van der Waals surface area contributed by atoms with Crippen molar-refractivity contribution in [3.05, 3.63) is 138 Å². The van der Waals surface area contributed by atoms with Crippen molar-refractivity contribution in [2.24, 2.45) is 7.05 Å². The van der Waals surface area contributed by atoms with E-state index in [0.717, 1.165) is 27.9 Å². The van der Waals surface area contributed by atoms with Crippen LogP contribution < -0.4 is 4.90 Å². The lowest BCUT2D eigenvalue weighted by Gasteiger charge is -2.56. The molecular formula is C30H24N2O. The van der Waals surface area contributed by atoms with Crippen LogP contribution in [0.25, 0.3) is 10.9 Å². The molecule has 1 atom stereocenters. The summed E-state index contributed by atoms with van der Waals surface area (Å²) in [5.74, 6) is 0.101. The number of amides is 1. The number of hydrogen-bond acceptors (Lipinski definition) is 1. The summed E-state index contributed by atoms with van der Waals surface area (Å²) < 4.78 is 2.16. The highest BCUT2D eigenvalue weighted by Gasteiger charge is 2.64. The van der Waals surface area contributed by atoms with Gasteiger partial charge < -0.3 is 9.47 Å². The summed E-state index contributed by atoms with van der Waals surface area (Å²) >= 11 is 0. The van der Waals surface area contributed by atoms with Gasteiger partial charge in [0.05, 0.1) is 6.04 Å². The molecular weight excluding hydrogens is 404 g/mol. The summed E-state index contributed by atoms with van der Waals surface area (Å²) in [7, 11) is 2.08. The lowest BCUT2D eigenvalue weighted by Crippen LogP contribution is -2.67. The quantitative estimate of drug-likeness (QED) is 0.311. The molecule has 4 aromatic carbocycles. The minimum Gasteiger partial charge on any atom is -0.350 e. The lowest BCUT2D eigenvalue weighted by molar-refractivity contribution is -0.131. The minimum atomic E-state index is -0.803. The number of nitrogens with zero attached hydrogens (tertiary/aromatic N) is 2. The van der Waals surface area contributed by atoms with Gasteiger partial charge in [0.15, 0.2) is 0 Å². The summed E-state index contributed by atoms with van der Waals surface area (Å²) in [6, 6.07) is 38.8. The zero-order valence-electron chi connectivity index (χ0n) is 18.4. The Hall–Kier alpha value is -4.11. The number of benzene rings is 4. The molecule has 0 spiro atoms. The second kappa shape index (κ2) is 7.49. The number of carbonyl (C=O) groups excluding carboxylic acids is 1. The maximum absolute atomic E-state index is 14.3. The van der Waals surface area contributed by atoms with Crippen LogP contribution >= 0.6 is 0 Å². The standard InChI is InChI=1S/C30H24N2O/c1-31-21-26(25-19-11-12-20-27(25)31)28-30(22-13-5-2-6-14-22,23-15-7-3-8-16-23)29(33)32(28)24-17-9-4-10-18-24/h2-21,28H,1H3. The highest BCUT2D eigenvalue weighted by Crippen LogP contribution is 2.58. The Kier molecular flexibility index (Phi) is 4.44. The number of para-hydroxylation sites is 2. The van der Waals surface area contributed by atoms with E-state index in [1.54, 1.807) is 0 Å². The molecule has 1 amide bonds. The van der Waals surface area contributed by atoms with Crippen LogP contribution in [-0.4, -0.2) is 10.5 Å². The van der Waals surface area contributed by atoms with E-state index in [0.29, 0.717) is 0 Å². The van der Waals surface area contributed by atoms with E-state index in [-0.39, 0.29) is 11.9 Å². The molecule has 0 radical (unpaired) electrons. The summed E-state index contributed by atoms with van der Waals surface area (Å²) in [4.78, 5) is 16.3. The zero-order chi connectivity index (χ0) is 22.4. The van der Waals surface area contributed by atoms with Gasteiger partial charge in [-0.15, -0.1) is 0 Å². The Bertz CT molecular complexity index is 1400. The van der Waals surface area contributed by atoms with E-state index < -0.39 is 5.41 Å². The average Bonchev–Trinajstić information content (AvgIpc) is 3.20. The first-order chi connectivity index (χ1) is 16.2. The third-order valence-corrected chi connectivity index (χ3v) is 6.94. The monoisotopic (exact) mass is 428 g/mol. The second-order valence-corrected chi connectivity index (χ2v) is 8.67. The molecule has 2 heterocycles. The molecule has 0 aliphatic carbocycles. The van der Waals surface area contributed by atoms with Gasteiger partial charge >= 0.3 is 0 Å². The molecule has 0 N–H and O–H groups in total. The van der Waals surface area contributed by atoms with Crippen molar-refractivity contribution in [1.29, 1.82) is 0 Å². The molecule has 1 unspecified atom stereocenters. The lowest BCUT2D eigenvalue weighted by atomic mass is 9.59. The van der Waals surface area contributed by atoms with Crippen molar-refractivity contribution in [3.63, 3.8) is 0 Å². The van der Waals surface area contributed by atoms with Gasteiger partial charge in [-0.3, -0.25) is 4.79 Å². The van der Waals surface area contributed by atoms with Crippen LogP contribution in [0.4, 0.5) is 5.69 Å². The van der Waals surface area contributed by atoms with Crippen LogP contribution in [0, 0.1) is 0 Å². The van der Waals surface area contributed by atoms with Crippen LogP contribution in [0.5, 0.6) is 0 Å². The molecule has 1 aliphatic heterocycles. The Morgan fingerprint density at radius 1 is 0.667 bits per heavy atom. The summed E-state index contributed by atoms with van der Waals surface area (Å²) in [5, 5.41) is 1.18. The Balaban J connectivity index is 1.68. The van der Waals surface area contributed by atoms with Crippen molar-refractivity contribution >= 4 is 22.5 Å². The van der Waals surface area contributed by atoms with E-state index in [1.807, 2.05) is 71.6 Å². The molecule has 3 nitrogen and oxygen atoms in total. The van der Waals surface area contributed by atoms with Gasteiger partial charge in [0.2, 0.25) is 5.91 Å². The fraction of sp³-hybridized carbons (Fsp3) is 0.100. The fourth-order valence-corrected chi connectivity index (χ4v) is 5.50. The Morgan fingerprint density at radius 3 is 1.79 bits per heavy atom. The van der Waals surface area contributed by atoms with Crippen LogP contribution in [0.2, 0.25) is 0 Å². The van der Waals surface area contributed by atoms with Gasteiger partial charge in [0.25, 0.3) is 0 Å². The van der Waals surface area contributed by atoms with E-state index in [2.05, 4.69) is 66.3 Å². The minimum absolute atomic E-state index is 0.101. The predicted molar refractivity (Wildman–Crippen MR) is 133 cm³/mol. The SMILES string of the molecule is Cn1cc(C2N(c3ccccc3)C(=O)C2(c2ccccc2)c2ccccc2)c2ccccc21. The van der Waals surface area contributed by atoms with E-state index in [9.17, 15) is 4.79 Å². The molecule has 160 valence electrons. The molecule has 0 bridgehead atoms. The number of rotatable bonds is 4. The molecule has 1 fully saturated rings. The molecule has 1 aliphatic rings. The van der Waals surface area contributed by atoms with Gasteiger partial charge in [0, 0.05) is 35.4 Å². The largest absolute Gasteiger partial charge is 0.350 e. The highest BCUT2D eigenvalue weighted by molar-refractivity contribution is 6.13. The van der Waals surface area contributed by atoms with Crippen molar-refractivity contribution in [3.8, 4) is 0 Å². The third kappa shape index (κ3) is 2.72. The number of carbonyl (C=O) groups is 1. The fourth-order valence-electron chi connectivity index (χ4n) is 5.50. The van der Waals surface area contributed by atoms with E-state index >= 15 is 0 Å². The summed E-state index contributed by atoms with van der Waals surface area (Å²) in [5.41, 5.74) is 4.47. The number of aromatic nitrogens is 1. The van der Waals surface area contributed by atoms with Gasteiger partial charge in [-0.2, -0.15) is 0 Å². The van der Waals surface area contributed by atoms with Gasteiger partial charge in [-0.1, -0.05) is 97.1 Å². The molecule has 3 heteroatoms. The third-order valence-electron chi connectivity index (χ3n) is 6.94. The summed E-state index contributed by atoms with van der Waals surface area (Å²) in [6.07, 6.45) is 2.19. The number of hydrogen-bond donors (Lipinski definition) is 0. The average molecular weight is 429 g/mol. The first-order valence-electron chi connectivity index (χ1n) is 11.3. The van der Waals surface area contributed by atoms with E-state index in [1.165, 1.54) is 5.39 Å². The maximum Gasteiger partial charge on any atom is 0.245 e. The normalized spacial score (nSPS) is 17.2. The molecule has 1 aromatic heterocycles. The Labute approximate surface area is 193 Å². The van der Waals surface area contributed by atoms with Gasteiger partial charge in [-0.05, 0) is 29.3 Å². The smallest absolute Gasteiger partial charge is 0.245 e. The van der Waals surface area contributed by atoms with Gasteiger partial charge in [0.1, 0.15) is 5.41 Å². The van der Waals surface area contributed by atoms with E-state index in [4.69, 9.17) is 0 Å². The molecule has 1 saturated heterocycles.